The van der Waals surface area contributed by atoms with Crippen LogP contribution in [0.4, 0.5) is 0 Å². The summed E-state index contributed by atoms with van der Waals surface area (Å²) in [6, 6.07) is 10.9. The van der Waals surface area contributed by atoms with Crippen LogP contribution < -0.4 is 0 Å². The highest BCUT2D eigenvalue weighted by atomic mass is 15.0. The molecule has 100 valence electrons. The van der Waals surface area contributed by atoms with Crippen molar-refractivity contribution in [2.75, 3.05) is 0 Å². The summed E-state index contributed by atoms with van der Waals surface area (Å²) >= 11 is 0. The Bertz CT molecular complexity index is 773. The molecule has 0 aliphatic heterocycles. The zero-order valence-corrected chi connectivity index (χ0v) is 11.6. The van der Waals surface area contributed by atoms with Gasteiger partial charge >= 0.3 is 0 Å². The summed E-state index contributed by atoms with van der Waals surface area (Å²) in [6.07, 6.45) is 5.26. The van der Waals surface area contributed by atoms with Crippen molar-refractivity contribution in [1.82, 2.24) is 15.0 Å². The van der Waals surface area contributed by atoms with Crippen molar-refractivity contribution >= 4 is 11.2 Å². The van der Waals surface area contributed by atoms with Gasteiger partial charge in [-0.25, -0.2) is 9.97 Å². The van der Waals surface area contributed by atoms with Crippen LogP contribution in [-0.4, -0.2) is 15.0 Å². The van der Waals surface area contributed by atoms with Gasteiger partial charge in [0, 0.05) is 12.1 Å². The highest BCUT2D eigenvalue weighted by Crippen LogP contribution is 2.31. The fourth-order valence-corrected chi connectivity index (χ4v) is 3.15. The third-order valence-corrected chi connectivity index (χ3v) is 4.23. The summed E-state index contributed by atoms with van der Waals surface area (Å²) in [5.41, 5.74) is 6.02. The second-order valence-corrected chi connectivity index (χ2v) is 5.71. The number of benzene rings is 1. The molecule has 1 aliphatic rings. The number of pyridine rings is 1. The van der Waals surface area contributed by atoms with Gasteiger partial charge in [0.1, 0.15) is 5.82 Å². The van der Waals surface area contributed by atoms with Crippen molar-refractivity contribution in [3.8, 4) is 0 Å². The number of hydrogen-bond donors (Lipinski definition) is 1. The molecule has 2 aromatic heterocycles. The van der Waals surface area contributed by atoms with Crippen LogP contribution >= 0.6 is 0 Å². The number of fused-ring (bicyclic) bond motifs is 2. The van der Waals surface area contributed by atoms with Gasteiger partial charge in [-0.3, -0.25) is 0 Å². The molecule has 1 aromatic carbocycles. The van der Waals surface area contributed by atoms with Crippen molar-refractivity contribution in [1.29, 1.82) is 0 Å². The van der Waals surface area contributed by atoms with Crippen molar-refractivity contribution in [3.05, 3.63) is 59.0 Å². The molecular formula is C17H17N3. The van der Waals surface area contributed by atoms with Gasteiger partial charge in [0.2, 0.25) is 0 Å². The minimum absolute atomic E-state index is 0.486. The summed E-state index contributed by atoms with van der Waals surface area (Å²) < 4.78 is 0. The van der Waals surface area contributed by atoms with E-state index in [0.29, 0.717) is 5.92 Å². The number of aryl methyl sites for hydroxylation is 2. The molecule has 0 radical (unpaired) electrons. The van der Waals surface area contributed by atoms with Gasteiger partial charge < -0.3 is 4.98 Å². The quantitative estimate of drug-likeness (QED) is 0.729. The normalized spacial score (nSPS) is 18.1. The number of hydrogen-bond acceptors (Lipinski definition) is 2. The number of aromatic nitrogens is 3. The van der Waals surface area contributed by atoms with E-state index in [9.17, 15) is 0 Å². The molecule has 0 saturated heterocycles. The molecule has 0 bridgehead atoms. The molecule has 3 heteroatoms. The second-order valence-electron chi connectivity index (χ2n) is 5.71. The number of aromatic amines is 1. The lowest BCUT2D eigenvalue weighted by Crippen LogP contribution is -2.13. The van der Waals surface area contributed by atoms with Gasteiger partial charge in [-0.15, -0.1) is 0 Å². The molecule has 20 heavy (non-hydrogen) atoms. The van der Waals surface area contributed by atoms with Crippen LogP contribution in [0.1, 0.15) is 34.9 Å². The Morgan fingerprint density at radius 3 is 2.95 bits per heavy atom. The molecule has 1 unspecified atom stereocenters. The van der Waals surface area contributed by atoms with E-state index < -0.39 is 0 Å². The molecule has 1 aliphatic carbocycles. The van der Waals surface area contributed by atoms with Crippen molar-refractivity contribution in [2.45, 2.75) is 32.1 Å². The van der Waals surface area contributed by atoms with Crippen LogP contribution in [0.3, 0.4) is 0 Å². The van der Waals surface area contributed by atoms with Crippen molar-refractivity contribution in [3.63, 3.8) is 0 Å². The van der Waals surface area contributed by atoms with Gasteiger partial charge in [-0.2, -0.15) is 0 Å². The highest BCUT2D eigenvalue weighted by Gasteiger charge is 2.22. The third kappa shape index (κ3) is 1.90. The number of rotatable bonds is 1. The van der Waals surface area contributed by atoms with E-state index in [4.69, 9.17) is 0 Å². The maximum absolute atomic E-state index is 4.68. The summed E-state index contributed by atoms with van der Waals surface area (Å²) in [6.45, 7) is 2.06. The molecule has 3 nitrogen and oxygen atoms in total. The Labute approximate surface area is 118 Å². The maximum atomic E-state index is 4.68. The Morgan fingerprint density at radius 1 is 1.20 bits per heavy atom. The monoisotopic (exact) mass is 263 g/mol. The molecule has 2 heterocycles. The Kier molecular flexibility index (Phi) is 2.59. The lowest BCUT2D eigenvalue weighted by molar-refractivity contribution is 0.561. The number of imidazole rings is 1. The predicted molar refractivity (Wildman–Crippen MR) is 79.8 cm³/mol. The highest BCUT2D eigenvalue weighted by molar-refractivity contribution is 5.71. The molecule has 3 aromatic rings. The van der Waals surface area contributed by atoms with Crippen LogP contribution in [0, 0.1) is 6.92 Å². The van der Waals surface area contributed by atoms with E-state index in [1.165, 1.54) is 16.7 Å². The zero-order valence-electron chi connectivity index (χ0n) is 11.6. The van der Waals surface area contributed by atoms with Gasteiger partial charge in [0.05, 0.1) is 5.52 Å². The minimum atomic E-state index is 0.486. The van der Waals surface area contributed by atoms with E-state index in [2.05, 4.69) is 52.2 Å². The summed E-state index contributed by atoms with van der Waals surface area (Å²) in [4.78, 5) is 12.5. The van der Waals surface area contributed by atoms with E-state index >= 15 is 0 Å². The first-order valence-electron chi connectivity index (χ1n) is 7.18. The molecule has 4 rings (SSSR count). The Hall–Kier alpha value is -2.16. The SMILES string of the molecule is Cc1cnc2nc(C3CCc4ccccc4C3)[nH]c2c1. The van der Waals surface area contributed by atoms with Crippen LogP contribution in [0.15, 0.2) is 36.5 Å². The van der Waals surface area contributed by atoms with E-state index in [1.807, 2.05) is 6.20 Å². The largest absolute Gasteiger partial charge is 0.340 e. The molecule has 0 amide bonds. The van der Waals surface area contributed by atoms with E-state index in [1.54, 1.807) is 0 Å². The maximum Gasteiger partial charge on any atom is 0.177 e. The molecule has 0 saturated carbocycles. The fraction of sp³-hybridized carbons (Fsp3) is 0.294. The van der Waals surface area contributed by atoms with Gasteiger partial charge in [0.15, 0.2) is 5.65 Å². The van der Waals surface area contributed by atoms with Crippen LogP contribution in [0.25, 0.3) is 11.2 Å². The average Bonchev–Trinajstić information content (AvgIpc) is 2.89. The molecule has 1 N–H and O–H groups in total. The van der Waals surface area contributed by atoms with Crippen LogP contribution in [0.5, 0.6) is 0 Å². The zero-order chi connectivity index (χ0) is 13.5. The number of nitrogens with zero attached hydrogens (tertiary/aromatic N) is 2. The van der Waals surface area contributed by atoms with E-state index in [0.717, 1.165) is 36.3 Å². The second kappa shape index (κ2) is 4.44. The topological polar surface area (TPSA) is 41.6 Å². The first kappa shape index (κ1) is 11.6. The smallest absolute Gasteiger partial charge is 0.177 e. The third-order valence-electron chi connectivity index (χ3n) is 4.23. The Balaban J connectivity index is 1.70. The van der Waals surface area contributed by atoms with Crippen molar-refractivity contribution in [2.24, 2.45) is 0 Å². The first-order chi connectivity index (χ1) is 9.79. The number of H-pyrrole nitrogens is 1. The molecule has 0 spiro atoms. The van der Waals surface area contributed by atoms with Crippen molar-refractivity contribution < 1.29 is 0 Å². The molecule has 0 fully saturated rings. The van der Waals surface area contributed by atoms with Gasteiger partial charge in [0.25, 0.3) is 0 Å². The summed E-state index contributed by atoms with van der Waals surface area (Å²) in [7, 11) is 0. The van der Waals surface area contributed by atoms with Crippen LogP contribution in [-0.2, 0) is 12.8 Å². The van der Waals surface area contributed by atoms with Gasteiger partial charge in [-0.1, -0.05) is 24.3 Å². The fourth-order valence-electron chi connectivity index (χ4n) is 3.15. The lowest BCUT2D eigenvalue weighted by Gasteiger charge is -2.22. The first-order valence-corrected chi connectivity index (χ1v) is 7.18. The van der Waals surface area contributed by atoms with Gasteiger partial charge in [-0.05, 0) is 48.9 Å². The summed E-state index contributed by atoms with van der Waals surface area (Å²) in [5.74, 6) is 1.58. The number of nitrogens with one attached hydrogen (secondary N) is 1. The average molecular weight is 263 g/mol. The summed E-state index contributed by atoms with van der Waals surface area (Å²) in [5, 5.41) is 0. The standard InChI is InChI=1S/C17H17N3/c1-11-8-15-17(18-10-11)20-16(19-15)14-7-6-12-4-2-3-5-13(12)9-14/h2-5,8,10,14H,6-7,9H2,1H3,(H,18,19,20). The van der Waals surface area contributed by atoms with Crippen LogP contribution in [0.2, 0.25) is 0 Å². The predicted octanol–water partition coefficient (Wildman–Crippen LogP) is 3.54. The Morgan fingerprint density at radius 2 is 2.05 bits per heavy atom. The molecule has 1 atom stereocenters. The lowest BCUT2D eigenvalue weighted by atomic mass is 9.83. The minimum Gasteiger partial charge on any atom is -0.340 e. The van der Waals surface area contributed by atoms with E-state index in [-0.39, 0.29) is 0 Å². The molecular weight excluding hydrogens is 246 g/mol.